The number of hydrogen-bond donors (Lipinski definition) is 22. The third-order valence-electron chi connectivity index (χ3n) is 13.9. The molecule has 22 N–H and O–H groups in total. The van der Waals surface area contributed by atoms with Gasteiger partial charge in [-0.05, 0) is 148 Å². The third-order valence-corrected chi connectivity index (χ3v) is 20.4. The van der Waals surface area contributed by atoms with Crippen molar-refractivity contribution in [3.63, 3.8) is 0 Å². The van der Waals surface area contributed by atoms with Crippen molar-refractivity contribution in [3.8, 4) is 0 Å². The summed E-state index contributed by atoms with van der Waals surface area (Å²) in [6.07, 6.45) is -35.0. The van der Waals surface area contributed by atoms with Crippen molar-refractivity contribution in [1.82, 2.24) is 0 Å². The molecule has 6 rings (SSSR count). The van der Waals surface area contributed by atoms with Gasteiger partial charge in [-0.3, -0.25) is 9.59 Å². The predicted octanol–water partition coefficient (Wildman–Crippen LogP) is -6.07. The van der Waals surface area contributed by atoms with Crippen LogP contribution in [0.5, 0.6) is 0 Å². The molecule has 28 nitrogen and oxygen atoms in total. The molecule has 0 spiro atoms. The van der Waals surface area contributed by atoms with E-state index in [1.54, 1.807) is 90.4 Å². The van der Waals surface area contributed by atoms with Crippen molar-refractivity contribution in [2.24, 2.45) is 0 Å². The Labute approximate surface area is 511 Å². The van der Waals surface area contributed by atoms with Gasteiger partial charge >= 0.3 is 0 Å². The summed E-state index contributed by atoms with van der Waals surface area (Å²) in [5.74, 6) is -1.66. The number of ether oxygens (including phenoxy) is 4. The van der Waals surface area contributed by atoms with Crippen molar-refractivity contribution in [1.29, 1.82) is 0 Å². The molecule has 430 valence electrons. The van der Waals surface area contributed by atoms with Gasteiger partial charge < -0.3 is 132 Å². The van der Waals surface area contributed by atoms with E-state index in [1.807, 2.05) is 0 Å². The summed E-state index contributed by atoms with van der Waals surface area (Å²) in [6.45, 7) is -3.74. The fraction of sp³-hybridized carbons (Fsp3) is 0.667. The van der Waals surface area contributed by atoms with E-state index < -0.39 is 194 Å². The molecular weight excluding hydrogens is 1710 g/mol. The van der Waals surface area contributed by atoms with Gasteiger partial charge in [0.2, 0.25) is 11.8 Å². The highest BCUT2D eigenvalue weighted by Gasteiger charge is 2.63. The van der Waals surface area contributed by atoms with Crippen LogP contribution < -0.4 is 10.6 Å². The standard InChI is InChI=1S/C42H54I6N2O26/c43-19-15(39(69)31(61)27(57)9(5-51)73-35(39)65)21(45)25(22(46)16(19)40(70)32(62)28(58)10(6-52)74-36(40)66)49-13(55)3-1-2-4-14(56)50-26-23(47)17(41(71)33(63)29(59)11(7-53)75-37(41)67)20(44)18(24(26)48)42(72)34(64)30(60)12(8-54)76-38(42)68/h9-12,27-38,51-54,57-72H,1-8H2,(H,49,55)(H,50,56)/t9-,10-,11-,12-,27-,28-,29-,30-,31+,32+,33+,34+,35+,36+,37+,38+,39-,40-,41-,42-/m1/s1. The zero-order valence-electron chi connectivity index (χ0n) is 38.6. The maximum absolute atomic E-state index is 13.8. The number of unbranched alkanes of at least 4 members (excludes halogenated alkanes) is 1. The Bertz CT molecular complexity index is 2190. The molecule has 2 aromatic carbocycles. The zero-order chi connectivity index (χ0) is 57.2. The highest BCUT2D eigenvalue weighted by Crippen LogP contribution is 2.53. The molecule has 0 aliphatic carbocycles. The molecule has 2 aromatic rings. The minimum absolute atomic E-state index is 0.0967. The topological polar surface area (TPSA) is 500 Å². The highest BCUT2D eigenvalue weighted by atomic mass is 127. The highest BCUT2D eigenvalue weighted by molar-refractivity contribution is 14.1. The lowest BCUT2D eigenvalue weighted by molar-refractivity contribution is -0.337. The average Bonchev–Trinajstić information content (AvgIpc) is 3.39. The predicted molar refractivity (Wildman–Crippen MR) is 300 cm³/mol. The van der Waals surface area contributed by atoms with E-state index in [0.29, 0.717) is 0 Å². The Morgan fingerprint density at radius 1 is 0.382 bits per heavy atom. The van der Waals surface area contributed by atoms with Crippen LogP contribution in [0.1, 0.15) is 47.9 Å². The number of anilines is 2. The van der Waals surface area contributed by atoms with Crippen LogP contribution in [0.4, 0.5) is 11.4 Å². The monoisotopic (exact) mass is 1760 g/mol. The lowest BCUT2D eigenvalue weighted by atomic mass is 9.76. The minimum Gasteiger partial charge on any atom is -0.394 e. The lowest BCUT2D eigenvalue weighted by Gasteiger charge is -2.49. The molecule has 0 bridgehead atoms. The van der Waals surface area contributed by atoms with Crippen LogP contribution in [-0.2, 0) is 50.9 Å². The van der Waals surface area contributed by atoms with Crippen molar-refractivity contribution in [2.75, 3.05) is 37.1 Å². The van der Waals surface area contributed by atoms with E-state index in [4.69, 9.17) is 18.9 Å². The summed E-state index contributed by atoms with van der Waals surface area (Å²) in [5, 5.41) is 226. The van der Waals surface area contributed by atoms with E-state index in [-0.39, 0.29) is 45.6 Å². The van der Waals surface area contributed by atoms with Gasteiger partial charge in [-0.25, -0.2) is 0 Å². The van der Waals surface area contributed by atoms with Gasteiger partial charge in [0, 0.05) is 56.5 Å². The van der Waals surface area contributed by atoms with Crippen LogP contribution in [-0.4, -0.2) is 239 Å². The number of amides is 2. The number of aliphatic hydroxyl groups is 20. The number of nitrogens with one attached hydrogen (secondary N) is 2. The van der Waals surface area contributed by atoms with Crippen molar-refractivity contribution in [2.45, 2.75) is 146 Å². The molecule has 34 heteroatoms. The first-order valence-corrected chi connectivity index (χ1v) is 29.0. The summed E-state index contributed by atoms with van der Waals surface area (Å²) >= 11 is 9.43. The third kappa shape index (κ3) is 11.1. The minimum atomic E-state index is -3.07. The van der Waals surface area contributed by atoms with Gasteiger partial charge in [-0.1, -0.05) is 0 Å². The van der Waals surface area contributed by atoms with Gasteiger partial charge in [0.1, 0.15) is 73.2 Å². The van der Waals surface area contributed by atoms with Crippen molar-refractivity contribution >= 4 is 159 Å². The molecule has 4 aliphatic rings. The number of carbonyl (C=O) groups is 2. The van der Waals surface area contributed by atoms with Gasteiger partial charge in [-0.2, -0.15) is 0 Å². The molecule has 0 unspecified atom stereocenters. The van der Waals surface area contributed by atoms with Gasteiger partial charge in [0.15, 0.2) is 47.6 Å². The largest absolute Gasteiger partial charge is 0.394 e. The Morgan fingerprint density at radius 2 is 0.579 bits per heavy atom. The summed E-state index contributed by atoms with van der Waals surface area (Å²) in [6, 6.07) is 0. The second kappa shape index (κ2) is 25.6. The summed E-state index contributed by atoms with van der Waals surface area (Å²) in [4.78, 5) is 27.7. The molecule has 4 fully saturated rings. The Morgan fingerprint density at radius 3 is 0.763 bits per heavy atom. The van der Waals surface area contributed by atoms with Crippen LogP contribution in [0, 0.1) is 21.4 Å². The molecule has 4 heterocycles. The number of hydrogen-bond acceptors (Lipinski definition) is 26. The summed E-state index contributed by atoms with van der Waals surface area (Å²) in [7, 11) is 0. The molecule has 0 saturated carbocycles. The van der Waals surface area contributed by atoms with Crippen LogP contribution in [0.15, 0.2) is 0 Å². The Hall–Kier alpha value is 0.800. The molecule has 76 heavy (non-hydrogen) atoms. The first-order chi connectivity index (χ1) is 35.4. The number of halogens is 6. The van der Waals surface area contributed by atoms with Crippen LogP contribution in [0.25, 0.3) is 0 Å². The summed E-state index contributed by atoms with van der Waals surface area (Å²) < 4.78 is 19.6. The first-order valence-electron chi connectivity index (χ1n) is 22.5. The molecule has 4 saturated heterocycles. The zero-order valence-corrected chi connectivity index (χ0v) is 51.5. The lowest BCUT2D eigenvalue weighted by Crippen LogP contribution is -2.66. The van der Waals surface area contributed by atoms with Crippen molar-refractivity contribution in [3.05, 3.63) is 43.7 Å². The van der Waals surface area contributed by atoms with E-state index in [0.717, 1.165) is 0 Å². The van der Waals surface area contributed by atoms with Crippen molar-refractivity contribution < 1.29 is 131 Å². The fourth-order valence-corrected chi connectivity index (χ4v) is 19.8. The molecule has 2 amide bonds. The Balaban J connectivity index is 1.32. The maximum atomic E-state index is 13.8. The van der Waals surface area contributed by atoms with E-state index >= 15 is 0 Å². The molecule has 0 radical (unpaired) electrons. The second-order valence-electron chi connectivity index (χ2n) is 18.3. The van der Waals surface area contributed by atoms with Gasteiger partial charge in [0.25, 0.3) is 0 Å². The number of benzene rings is 2. The quantitative estimate of drug-likeness (QED) is 0.0583. The van der Waals surface area contributed by atoms with Crippen LogP contribution >= 0.6 is 136 Å². The van der Waals surface area contributed by atoms with Crippen LogP contribution in [0.2, 0.25) is 0 Å². The first kappa shape index (κ1) is 65.9. The average molecular weight is 1760 g/mol. The summed E-state index contributed by atoms with van der Waals surface area (Å²) in [5.41, 5.74) is -15.1. The van der Waals surface area contributed by atoms with Gasteiger partial charge in [0.05, 0.1) is 37.8 Å². The van der Waals surface area contributed by atoms with Gasteiger partial charge in [-0.15, -0.1) is 0 Å². The van der Waals surface area contributed by atoms with E-state index in [1.165, 1.54) is 45.2 Å². The Kier molecular flexibility index (Phi) is 22.2. The molecule has 4 aliphatic heterocycles. The SMILES string of the molecule is O=C(CCCCC(=O)Nc1c(I)c([C@]2(O)[C@@H](O)O[C@H](CO)[C@@H](O)[C@@H]2O)c(I)c([C@]2(O)[C@@H](O)O[C@H](CO)[C@@H](O)[C@@H]2O)c1I)Nc1c(I)c([C@]2(O)[C@@H](O)O[C@H](CO)[C@@H](O)[C@@H]2O)c(I)c([C@]2(O)[C@@H](O)O[C@H](CO)[C@@H](O)[C@@H]2O)c1I. The van der Waals surface area contributed by atoms with E-state index in [2.05, 4.69) is 10.6 Å². The molecule has 20 atom stereocenters. The number of rotatable bonds is 15. The molecular formula is C42H54I6N2O26. The smallest absolute Gasteiger partial charge is 0.224 e. The second-order valence-corrected chi connectivity index (χ2v) is 24.8. The van der Waals surface area contributed by atoms with Crippen LogP contribution in [0.3, 0.4) is 0 Å². The molecule has 0 aromatic heterocycles. The number of aliphatic hydroxyl groups excluding tert-OH is 16. The normalized spacial score (nSPS) is 40.0. The number of carbonyl (C=O) groups excluding carboxylic acids is 2. The fourth-order valence-electron chi connectivity index (χ4n) is 9.46. The maximum Gasteiger partial charge on any atom is 0.224 e. The van der Waals surface area contributed by atoms with E-state index in [9.17, 15) is 112 Å².